The third-order valence-corrected chi connectivity index (χ3v) is 4.97. The van der Waals surface area contributed by atoms with E-state index in [1.165, 1.54) is 12.1 Å². The summed E-state index contributed by atoms with van der Waals surface area (Å²) in [7, 11) is -4.68. The molecule has 1 N–H and O–H groups in total. The Morgan fingerprint density at radius 2 is 1.55 bits per heavy atom. The van der Waals surface area contributed by atoms with Crippen molar-refractivity contribution in [1.82, 2.24) is 0 Å². The van der Waals surface area contributed by atoms with Gasteiger partial charge in [-0.2, -0.15) is 13.2 Å². The Bertz CT molecular complexity index is 742. The van der Waals surface area contributed by atoms with Crippen LogP contribution in [0.4, 0.5) is 22.0 Å². The molecule has 0 saturated heterocycles. The maximum Gasteiger partial charge on any atom is 0.393 e. The first-order valence-corrected chi connectivity index (χ1v) is 7.71. The Hall–Kier alpha value is -1.72. The number of rotatable bonds is 3. The van der Waals surface area contributed by atoms with Gasteiger partial charge in [-0.3, -0.25) is 4.57 Å². The van der Waals surface area contributed by atoms with Crippen LogP contribution in [0.15, 0.2) is 42.5 Å². The molecule has 22 heavy (non-hydrogen) atoms. The lowest BCUT2D eigenvalue weighted by atomic mass is 10.1. The summed E-state index contributed by atoms with van der Waals surface area (Å²) in [5, 5.41) is -1.50. The van der Waals surface area contributed by atoms with Crippen molar-refractivity contribution in [3.63, 3.8) is 0 Å². The van der Waals surface area contributed by atoms with Crippen LogP contribution in [-0.4, -0.2) is 11.1 Å². The average Bonchev–Trinajstić information content (AvgIpc) is 2.39. The van der Waals surface area contributed by atoms with Crippen LogP contribution < -0.4 is 10.6 Å². The highest BCUT2D eigenvalue weighted by atomic mass is 31.2. The monoisotopic (exact) mass is 336 g/mol. The van der Waals surface area contributed by atoms with Gasteiger partial charge in [-0.1, -0.05) is 24.3 Å². The first-order valence-electron chi connectivity index (χ1n) is 6.05. The van der Waals surface area contributed by atoms with Gasteiger partial charge in [-0.25, -0.2) is 8.78 Å². The van der Waals surface area contributed by atoms with Crippen molar-refractivity contribution in [3.8, 4) is 0 Å². The van der Waals surface area contributed by atoms with Gasteiger partial charge in [0.1, 0.15) is 11.6 Å². The van der Waals surface area contributed by atoms with E-state index < -0.39 is 47.8 Å². The third-order valence-electron chi connectivity index (χ3n) is 2.95. The van der Waals surface area contributed by atoms with Crippen LogP contribution in [0.3, 0.4) is 0 Å². The third kappa shape index (κ3) is 3.36. The summed E-state index contributed by atoms with van der Waals surface area (Å²) < 4.78 is 77.3. The van der Waals surface area contributed by atoms with Crippen LogP contribution in [0, 0.1) is 11.6 Å². The Morgan fingerprint density at radius 3 is 2.14 bits per heavy atom. The lowest BCUT2D eigenvalue weighted by Crippen LogP contribution is -2.23. The van der Waals surface area contributed by atoms with E-state index in [9.17, 15) is 31.4 Å². The molecular weight excluding hydrogens is 326 g/mol. The van der Waals surface area contributed by atoms with Gasteiger partial charge >= 0.3 is 6.18 Å². The van der Waals surface area contributed by atoms with Crippen molar-refractivity contribution in [2.45, 2.75) is 12.6 Å². The van der Waals surface area contributed by atoms with Crippen LogP contribution in [0.5, 0.6) is 0 Å². The zero-order chi connectivity index (χ0) is 16.5. The van der Waals surface area contributed by atoms with E-state index in [4.69, 9.17) is 0 Å². The van der Waals surface area contributed by atoms with Crippen molar-refractivity contribution < 1.29 is 31.4 Å². The standard InChI is InChI=1S/C14H10F5O2P/c15-10-5-1-2-6-11(10)22(20,21)12-7-3-4-9(13(12)16)8-14(17,18)19/h1-7H,8H2,(H,20,21). The Balaban J connectivity index is 2.56. The second kappa shape index (κ2) is 5.82. The van der Waals surface area contributed by atoms with Gasteiger partial charge < -0.3 is 4.89 Å². The van der Waals surface area contributed by atoms with Gasteiger partial charge in [0, 0.05) is 0 Å². The Labute approximate surface area is 122 Å². The van der Waals surface area contributed by atoms with Crippen molar-refractivity contribution in [2.75, 3.05) is 0 Å². The van der Waals surface area contributed by atoms with E-state index >= 15 is 0 Å². The van der Waals surface area contributed by atoms with E-state index in [1.54, 1.807) is 0 Å². The molecule has 0 bridgehead atoms. The van der Waals surface area contributed by atoms with Gasteiger partial charge in [0.2, 0.25) is 0 Å². The number of benzene rings is 2. The van der Waals surface area contributed by atoms with Gasteiger partial charge in [-0.05, 0) is 23.8 Å². The summed E-state index contributed by atoms with van der Waals surface area (Å²) in [5.74, 6) is -2.48. The van der Waals surface area contributed by atoms with E-state index in [2.05, 4.69) is 0 Å². The molecule has 2 rings (SSSR count). The van der Waals surface area contributed by atoms with Crippen LogP contribution in [0.1, 0.15) is 5.56 Å². The summed E-state index contributed by atoms with van der Waals surface area (Å²) in [5.41, 5.74) is -0.768. The van der Waals surface area contributed by atoms with Gasteiger partial charge in [0.05, 0.1) is 17.0 Å². The Morgan fingerprint density at radius 1 is 0.955 bits per heavy atom. The molecule has 2 aromatic rings. The molecule has 0 aliphatic rings. The highest BCUT2D eigenvalue weighted by Crippen LogP contribution is 2.40. The van der Waals surface area contributed by atoms with Gasteiger partial charge in [0.25, 0.3) is 7.37 Å². The molecule has 1 unspecified atom stereocenters. The molecule has 0 heterocycles. The second-order valence-electron chi connectivity index (χ2n) is 4.57. The summed E-state index contributed by atoms with van der Waals surface area (Å²) in [6.45, 7) is 0. The molecule has 1 atom stereocenters. The second-order valence-corrected chi connectivity index (χ2v) is 6.69. The number of alkyl halides is 3. The van der Waals surface area contributed by atoms with Gasteiger partial charge in [0.15, 0.2) is 0 Å². The van der Waals surface area contributed by atoms with Gasteiger partial charge in [-0.15, -0.1) is 0 Å². The summed E-state index contributed by atoms with van der Waals surface area (Å²) in [4.78, 5) is 10.0. The fourth-order valence-electron chi connectivity index (χ4n) is 1.98. The molecule has 0 saturated carbocycles. The van der Waals surface area contributed by atoms with E-state index in [1.807, 2.05) is 0 Å². The molecular formula is C14H10F5O2P. The van der Waals surface area contributed by atoms with Crippen molar-refractivity contribution in [3.05, 3.63) is 59.7 Å². The molecule has 118 valence electrons. The normalized spacial score (nSPS) is 14.6. The topological polar surface area (TPSA) is 37.3 Å². The zero-order valence-electron chi connectivity index (χ0n) is 10.9. The molecule has 2 aromatic carbocycles. The van der Waals surface area contributed by atoms with Crippen molar-refractivity contribution >= 4 is 18.0 Å². The predicted molar refractivity (Wildman–Crippen MR) is 71.7 cm³/mol. The average molecular weight is 336 g/mol. The summed E-state index contributed by atoms with van der Waals surface area (Å²) >= 11 is 0. The maximum atomic E-state index is 14.2. The lowest BCUT2D eigenvalue weighted by Gasteiger charge is -2.16. The SMILES string of the molecule is O=P(O)(c1ccccc1F)c1cccc(CC(F)(F)F)c1F. The number of halogens is 5. The minimum Gasteiger partial charge on any atom is -0.338 e. The van der Waals surface area contributed by atoms with Crippen molar-refractivity contribution in [1.29, 1.82) is 0 Å². The fourth-order valence-corrected chi connectivity index (χ4v) is 3.59. The maximum absolute atomic E-state index is 14.2. The minimum atomic E-state index is -4.68. The molecule has 0 aliphatic carbocycles. The summed E-state index contributed by atoms with van der Waals surface area (Å²) in [6.07, 6.45) is -6.25. The molecule has 2 nitrogen and oxygen atoms in total. The molecule has 0 aromatic heterocycles. The fraction of sp³-hybridized carbons (Fsp3) is 0.143. The predicted octanol–water partition coefficient (Wildman–Crippen LogP) is 3.29. The molecule has 0 spiro atoms. The molecule has 0 aliphatic heterocycles. The van der Waals surface area contributed by atoms with Crippen LogP contribution in [0.25, 0.3) is 0 Å². The summed E-state index contributed by atoms with van der Waals surface area (Å²) in [6, 6.07) is 7.23. The highest BCUT2D eigenvalue weighted by molar-refractivity contribution is 7.73. The van der Waals surface area contributed by atoms with Crippen molar-refractivity contribution in [2.24, 2.45) is 0 Å². The zero-order valence-corrected chi connectivity index (χ0v) is 11.8. The van der Waals surface area contributed by atoms with Crippen LogP contribution in [0.2, 0.25) is 0 Å². The molecule has 0 fully saturated rings. The molecule has 8 heteroatoms. The molecule has 0 amide bonds. The number of hydrogen-bond acceptors (Lipinski definition) is 1. The molecule has 0 radical (unpaired) electrons. The van der Waals surface area contributed by atoms with E-state index in [0.29, 0.717) is 0 Å². The largest absolute Gasteiger partial charge is 0.393 e. The van der Waals surface area contributed by atoms with E-state index in [0.717, 1.165) is 30.3 Å². The number of hydrogen-bond donors (Lipinski definition) is 1. The minimum absolute atomic E-state index is 0.655. The highest BCUT2D eigenvalue weighted by Gasteiger charge is 2.34. The Kier molecular flexibility index (Phi) is 4.40. The first-order chi connectivity index (χ1) is 10.1. The first kappa shape index (κ1) is 16.6. The lowest BCUT2D eigenvalue weighted by molar-refractivity contribution is -0.127. The smallest absolute Gasteiger partial charge is 0.338 e. The van der Waals surface area contributed by atoms with Crippen LogP contribution in [-0.2, 0) is 11.0 Å². The quantitative estimate of drug-likeness (QED) is 0.690. The van der Waals surface area contributed by atoms with E-state index in [-0.39, 0.29) is 0 Å². The van der Waals surface area contributed by atoms with Crippen LogP contribution >= 0.6 is 7.37 Å².